The molecule has 0 bridgehead atoms. The van der Waals surface area contributed by atoms with Crippen LogP contribution in [0.2, 0.25) is 0 Å². The molecule has 1 aliphatic heterocycles. The van der Waals surface area contributed by atoms with E-state index in [0.717, 1.165) is 12.1 Å². The summed E-state index contributed by atoms with van der Waals surface area (Å²) in [7, 11) is 0. The summed E-state index contributed by atoms with van der Waals surface area (Å²) in [6, 6.07) is 4.15. The molecule has 0 aromatic heterocycles. The molecule has 0 saturated heterocycles. The summed E-state index contributed by atoms with van der Waals surface area (Å²) in [6.07, 6.45) is -2.81. The van der Waals surface area contributed by atoms with E-state index in [1.807, 2.05) is 0 Å². The predicted molar refractivity (Wildman–Crippen MR) is 60.8 cm³/mol. The third-order valence-corrected chi connectivity index (χ3v) is 3.06. The number of nitrogens with zero attached hydrogens (tertiary/aromatic N) is 1. The minimum atomic E-state index is -4.38. The molecule has 2 nitrogen and oxygen atoms in total. The molecule has 0 atom stereocenters. The van der Waals surface area contributed by atoms with Crippen molar-refractivity contribution in [1.29, 1.82) is 0 Å². The molecule has 1 amide bonds. The fraction of sp³-hybridized carbons (Fsp3) is 0.308. The second-order valence-corrected chi connectivity index (χ2v) is 4.15. The largest absolute Gasteiger partial charge is 0.416 e. The summed E-state index contributed by atoms with van der Waals surface area (Å²) in [5.74, 6) is -0.336. The van der Waals surface area contributed by atoms with E-state index < -0.39 is 11.7 Å². The Bertz CT molecular complexity index is 493. The van der Waals surface area contributed by atoms with E-state index in [2.05, 4.69) is 6.58 Å². The fourth-order valence-corrected chi connectivity index (χ4v) is 2.16. The van der Waals surface area contributed by atoms with Crippen molar-refractivity contribution in [1.82, 2.24) is 4.90 Å². The van der Waals surface area contributed by atoms with Crippen LogP contribution in [0, 0.1) is 0 Å². The Kier molecular flexibility index (Phi) is 3.15. The zero-order chi connectivity index (χ0) is 13.3. The van der Waals surface area contributed by atoms with Gasteiger partial charge in [-0.2, -0.15) is 13.2 Å². The first-order valence-corrected chi connectivity index (χ1v) is 5.53. The van der Waals surface area contributed by atoms with Crippen LogP contribution in [0.4, 0.5) is 13.2 Å². The number of benzene rings is 1. The predicted octanol–water partition coefficient (Wildman–Crippen LogP) is 2.78. The van der Waals surface area contributed by atoms with Crippen molar-refractivity contribution in [3.63, 3.8) is 0 Å². The maximum Gasteiger partial charge on any atom is 0.416 e. The zero-order valence-corrected chi connectivity index (χ0v) is 9.63. The topological polar surface area (TPSA) is 20.3 Å². The van der Waals surface area contributed by atoms with E-state index in [-0.39, 0.29) is 18.0 Å². The maximum absolute atomic E-state index is 12.9. The molecule has 1 heterocycles. The first-order chi connectivity index (χ1) is 8.43. The van der Waals surface area contributed by atoms with Gasteiger partial charge in [0.25, 0.3) is 0 Å². The fourth-order valence-electron chi connectivity index (χ4n) is 2.16. The lowest BCUT2D eigenvalue weighted by molar-refractivity contribution is -0.139. The Morgan fingerprint density at radius 3 is 2.72 bits per heavy atom. The third kappa shape index (κ3) is 2.25. The summed E-state index contributed by atoms with van der Waals surface area (Å²) >= 11 is 0. The van der Waals surface area contributed by atoms with Gasteiger partial charge in [-0.15, -0.1) is 0 Å². The number of carbonyl (C=O) groups is 1. The molecule has 0 N–H and O–H groups in total. The molecule has 2 rings (SSSR count). The zero-order valence-electron chi connectivity index (χ0n) is 9.63. The number of halogens is 3. The van der Waals surface area contributed by atoms with Crippen molar-refractivity contribution in [3.8, 4) is 0 Å². The van der Waals surface area contributed by atoms with E-state index >= 15 is 0 Å². The van der Waals surface area contributed by atoms with E-state index in [1.165, 1.54) is 11.0 Å². The first-order valence-electron chi connectivity index (χ1n) is 5.53. The van der Waals surface area contributed by atoms with E-state index in [0.29, 0.717) is 18.5 Å². The van der Waals surface area contributed by atoms with Gasteiger partial charge >= 0.3 is 6.18 Å². The average molecular weight is 255 g/mol. The molecule has 5 heteroatoms. The van der Waals surface area contributed by atoms with Gasteiger partial charge in [-0.3, -0.25) is 4.79 Å². The molecular weight excluding hydrogens is 243 g/mol. The van der Waals surface area contributed by atoms with Gasteiger partial charge in [0, 0.05) is 13.1 Å². The molecule has 0 radical (unpaired) electrons. The highest BCUT2D eigenvalue weighted by atomic mass is 19.4. The van der Waals surface area contributed by atoms with Crippen molar-refractivity contribution in [3.05, 3.63) is 47.5 Å². The average Bonchev–Trinajstić information content (AvgIpc) is 2.35. The molecule has 0 fully saturated rings. The van der Waals surface area contributed by atoms with Crippen molar-refractivity contribution in [2.45, 2.75) is 19.1 Å². The van der Waals surface area contributed by atoms with Gasteiger partial charge in [-0.25, -0.2) is 0 Å². The van der Waals surface area contributed by atoms with Crippen LogP contribution >= 0.6 is 0 Å². The van der Waals surface area contributed by atoms with Crippen LogP contribution < -0.4 is 0 Å². The summed E-state index contributed by atoms with van der Waals surface area (Å²) in [6.45, 7) is 3.78. The molecule has 0 spiro atoms. The monoisotopic (exact) mass is 255 g/mol. The van der Waals surface area contributed by atoms with Crippen LogP contribution in [0.15, 0.2) is 30.9 Å². The Hall–Kier alpha value is -1.78. The lowest BCUT2D eigenvalue weighted by atomic mass is 9.94. The molecule has 1 aliphatic rings. The van der Waals surface area contributed by atoms with Crippen molar-refractivity contribution in [2.24, 2.45) is 0 Å². The number of hydrogen-bond donors (Lipinski definition) is 0. The SMILES string of the molecule is C=CC(=O)N1CCc2cccc(C(F)(F)F)c2C1. The highest BCUT2D eigenvalue weighted by Gasteiger charge is 2.35. The number of carbonyl (C=O) groups excluding carboxylic acids is 1. The van der Waals surface area contributed by atoms with Crippen LogP contribution in [0.3, 0.4) is 0 Å². The van der Waals surface area contributed by atoms with E-state index in [9.17, 15) is 18.0 Å². The van der Waals surface area contributed by atoms with E-state index in [4.69, 9.17) is 0 Å². The van der Waals surface area contributed by atoms with Gasteiger partial charge in [0.2, 0.25) is 5.91 Å². The number of fused-ring (bicyclic) bond motifs is 1. The second kappa shape index (κ2) is 4.48. The Balaban J connectivity index is 2.41. The Labute approximate surface area is 103 Å². The summed E-state index contributed by atoms with van der Waals surface area (Å²) < 4.78 is 38.6. The Morgan fingerprint density at radius 2 is 2.11 bits per heavy atom. The van der Waals surface area contributed by atoms with Crippen molar-refractivity contribution < 1.29 is 18.0 Å². The van der Waals surface area contributed by atoms with Gasteiger partial charge in [0.1, 0.15) is 0 Å². The van der Waals surface area contributed by atoms with Gasteiger partial charge in [0.15, 0.2) is 0 Å². The smallest absolute Gasteiger partial charge is 0.334 e. The number of alkyl halides is 3. The van der Waals surface area contributed by atoms with Gasteiger partial charge in [-0.1, -0.05) is 18.7 Å². The lowest BCUT2D eigenvalue weighted by Gasteiger charge is -2.30. The summed E-state index contributed by atoms with van der Waals surface area (Å²) in [5.41, 5.74) is 0.214. The van der Waals surface area contributed by atoms with Gasteiger partial charge in [0.05, 0.1) is 5.56 Å². The van der Waals surface area contributed by atoms with Crippen LogP contribution in [-0.2, 0) is 23.9 Å². The molecule has 96 valence electrons. The highest BCUT2D eigenvalue weighted by Crippen LogP contribution is 2.35. The second-order valence-electron chi connectivity index (χ2n) is 4.15. The number of amides is 1. The lowest BCUT2D eigenvalue weighted by Crippen LogP contribution is -2.35. The minimum Gasteiger partial charge on any atom is -0.334 e. The standard InChI is InChI=1S/C13H12F3NO/c1-2-12(18)17-7-6-9-4-3-5-11(10(9)8-17)13(14,15)16/h2-5H,1,6-8H2. The summed E-state index contributed by atoms with van der Waals surface area (Å²) in [4.78, 5) is 12.8. The van der Waals surface area contributed by atoms with Crippen LogP contribution in [-0.4, -0.2) is 17.4 Å². The molecule has 0 unspecified atom stereocenters. The van der Waals surface area contributed by atoms with Crippen molar-refractivity contribution >= 4 is 5.91 Å². The molecule has 1 aromatic carbocycles. The van der Waals surface area contributed by atoms with E-state index in [1.54, 1.807) is 6.07 Å². The van der Waals surface area contributed by atoms with Crippen LogP contribution in [0.5, 0.6) is 0 Å². The number of hydrogen-bond acceptors (Lipinski definition) is 1. The van der Waals surface area contributed by atoms with Gasteiger partial charge < -0.3 is 4.90 Å². The van der Waals surface area contributed by atoms with Crippen LogP contribution in [0.1, 0.15) is 16.7 Å². The molecule has 0 aliphatic carbocycles. The first kappa shape index (κ1) is 12.7. The van der Waals surface area contributed by atoms with Crippen molar-refractivity contribution in [2.75, 3.05) is 6.54 Å². The molecule has 18 heavy (non-hydrogen) atoms. The maximum atomic E-state index is 12.9. The quantitative estimate of drug-likeness (QED) is 0.707. The molecular formula is C13H12F3NO. The molecule has 1 aromatic rings. The normalized spacial score (nSPS) is 15.2. The van der Waals surface area contributed by atoms with Gasteiger partial charge in [-0.05, 0) is 29.7 Å². The summed E-state index contributed by atoms with van der Waals surface area (Å²) in [5, 5.41) is 0. The highest BCUT2D eigenvalue weighted by molar-refractivity contribution is 5.87. The van der Waals surface area contributed by atoms with Crippen LogP contribution in [0.25, 0.3) is 0 Å². The number of rotatable bonds is 1. The minimum absolute atomic E-state index is 0.00410. The Morgan fingerprint density at radius 1 is 1.39 bits per heavy atom. The third-order valence-electron chi connectivity index (χ3n) is 3.06. The molecule has 0 saturated carbocycles.